The molecular weight excluding hydrogens is 256 g/mol. The van der Waals surface area contributed by atoms with E-state index in [0.29, 0.717) is 10.8 Å². The molecular formula is C16H23ClN2. The second-order valence-corrected chi connectivity index (χ2v) is 7.50. The highest BCUT2D eigenvalue weighted by molar-refractivity contribution is 6.30. The lowest BCUT2D eigenvalue weighted by atomic mass is 9.71. The predicted molar refractivity (Wildman–Crippen MR) is 80.4 cm³/mol. The van der Waals surface area contributed by atoms with Crippen LogP contribution in [0.3, 0.4) is 0 Å². The van der Waals surface area contributed by atoms with E-state index in [1.807, 2.05) is 12.1 Å². The molecule has 2 atom stereocenters. The van der Waals surface area contributed by atoms with Crippen molar-refractivity contribution in [1.82, 2.24) is 9.80 Å². The number of hydrogen-bond acceptors (Lipinski definition) is 2. The fourth-order valence-corrected chi connectivity index (χ4v) is 4.24. The van der Waals surface area contributed by atoms with Gasteiger partial charge in [0.2, 0.25) is 0 Å². The highest BCUT2D eigenvalue weighted by Crippen LogP contribution is 2.51. The Kier molecular flexibility index (Phi) is 3.16. The van der Waals surface area contributed by atoms with Gasteiger partial charge in [-0.15, -0.1) is 0 Å². The summed E-state index contributed by atoms with van der Waals surface area (Å²) in [5.74, 6) is 0. The lowest BCUT2D eigenvalue weighted by Gasteiger charge is -2.31. The standard InChI is InChI=1S/C16H23ClN2/c1-15-9-18(3)10-16(15,2)12-19(11-15)8-13-4-6-14(17)7-5-13/h4-7H,8-12H2,1-3H3/t15-,16+. The van der Waals surface area contributed by atoms with Gasteiger partial charge in [0, 0.05) is 48.6 Å². The Labute approximate surface area is 121 Å². The van der Waals surface area contributed by atoms with E-state index >= 15 is 0 Å². The van der Waals surface area contributed by atoms with Crippen LogP contribution in [0.4, 0.5) is 0 Å². The minimum Gasteiger partial charge on any atom is -0.305 e. The molecule has 0 N–H and O–H groups in total. The number of likely N-dealkylation sites (tertiary alicyclic amines) is 2. The van der Waals surface area contributed by atoms with Gasteiger partial charge in [-0.1, -0.05) is 37.6 Å². The predicted octanol–water partition coefficient (Wildman–Crippen LogP) is 3.11. The zero-order chi connectivity index (χ0) is 13.7. The van der Waals surface area contributed by atoms with Crippen LogP contribution in [0.5, 0.6) is 0 Å². The van der Waals surface area contributed by atoms with Crippen LogP contribution in [-0.4, -0.2) is 43.0 Å². The summed E-state index contributed by atoms with van der Waals surface area (Å²) in [4.78, 5) is 5.09. The molecule has 2 saturated heterocycles. The van der Waals surface area contributed by atoms with Crippen molar-refractivity contribution in [2.45, 2.75) is 20.4 Å². The Morgan fingerprint density at radius 1 is 1.00 bits per heavy atom. The first-order chi connectivity index (χ1) is 8.90. The summed E-state index contributed by atoms with van der Waals surface area (Å²) in [5.41, 5.74) is 2.24. The zero-order valence-electron chi connectivity index (χ0n) is 12.1. The fraction of sp³-hybridized carbons (Fsp3) is 0.625. The normalized spacial score (nSPS) is 35.8. The van der Waals surface area contributed by atoms with Crippen LogP contribution in [-0.2, 0) is 6.54 Å². The first-order valence-electron chi connectivity index (χ1n) is 7.06. The third kappa shape index (κ3) is 2.31. The quantitative estimate of drug-likeness (QED) is 0.820. The summed E-state index contributed by atoms with van der Waals surface area (Å²) < 4.78 is 0. The van der Waals surface area contributed by atoms with Crippen molar-refractivity contribution < 1.29 is 0 Å². The summed E-state index contributed by atoms with van der Waals surface area (Å²) in [6.07, 6.45) is 0. The maximum Gasteiger partial charge on any atom is 0.0406 e. The second kappa shape index (κ2) is 4.47. The highest BCUT2D eigenvalue weighted by Gasteiger charge is 2.56. The molecule has 0 saturated carbocycles. The number of fused-ring (bicyclic) bond motifs is 1. The molecule has 104 valence electrons. The average molecular weight is 279 g/mol. The third-order valence-corrected chi connectivity index (χ3v) is 5.41. The minimum atomic E-state index is 0.439. The Morgan fingerprint density at radius 3 is 2.05 bits per heavy atom. The van der Waals surface area contributed by atoms with Gasteiger partial charge >= 0.3 is 0 Å². The topological polar surface area (TPSA) is 6.48 Å². The van der Waals surface area contributed by atoms with Crippen molar-refractivity contribution >= 4 is 11.6 Å². The fourth-order valence-electron chi connectivity index (χ4n) is 4.11. The molecule has 3 rings (SSSR count). The smallest absolute Gasteiger partial charge is 0.0406 e. The first-order valence-corrected chi connectivity index (χ1v) is 7.43. The van der Waals surface area contributed by atoms with Crippen LogP contribution < -0.4 is 0 Å². The van der Waals surface area contributed by atoms with Gasteiger partial charge in [-0.05, 0) is 24.7 Å². The molecule has 0 bridgehead atoms. The molecule has 0 spiro atoms. The summed E-state index contributed by atoms with van der Waals surface area (Å²) in [7, 11) is 2.25. The molecule has 2 aliphatic heterocycles. The SMILES string of the molecule is CN1C[C@@]2(C)CN(Cc3ccc(Cl)cc3)C[C@@]2(C)C1. The largest absolute Gasteiger partial charge is 0.305 e. The maximum atomic E-state index is 5.95. The van der Waals surface area contributed by atoms with Crippen molar-refractivity contribution in [3.63, 3.8) is 0 Å². The molecule has 2 nitrogen and oxygen atoms in total. The number of benzene rings is 1. The molecule has 1 aromatic rings. The van der Waals surface area contributed by atoms with Crippen LogP contribution >= 0.6 is 11.6 Å². The Balaban J connectivity index is 1.72. The van der Waals surface area contributed by atoms with Crippen molar-refractivity contribution in [2.75, 3.05) is 33.2 Å². The molecule has 1 aromatic carbocycles. The van der Waals surface area contributed by atoms with Gasteiger partial charge in [-0.25, -0.2) is 0 Å². The van der Waals surface area contributed by atoms with Crippen LogP contribution in [0.25, 0.3) is 0 Å². The van der Waals surface area contributed by atoms with E-state index < -0.39 is 0 Å². The molecule has 0 aliphatic carbocycles. The van der Waals surface area contributed by atoms with Gasteiger partial charge in [0.15, 0.2) is 0 Å². The van der Waals surface area contributed by atoms with E-state index in [1.54, 1.807) is 0 Å². The number of nitrogens with zero attached hydrogens (tertiary/aromatic N) is 2. The van der Waals surface area contributed by atoms with Crippen LogP contribution in [0.15, 0.2) is 24.3 Å². The van der Waals surface area contributed by atoms with Crippen LogP contribution in [0.1, 0.15) is 19.4 Å². The summed E-state index contributed by atoms with van der Waals surface area (Å²) in [6, 6.07) is 8.27. The van der Waals surface area contributed by atoms with E-state index in [2.05, 4.69) is 42.8 Å². The zero-order valence-corrected chi connectivity index (χ0v) is 12.9. The lowest BCUT2D eigenvalue weighted by molar-refractivity contribution is 0.212. The van der Waals surface area contributed by atoms with Crippen molar-refractivity contribution in [3.8, 4) is 0 Å². The van der Waals surface area contributed by atoms with E-state index in [4.69, 9.17) is 11.6 Å². The molecule has 0 radical (unpaired) electrons. The number of hydrogen-bond donors (Lipinski definition) is 0. The van der Waals surface area contributed by atoms with Crippen LogP contribution in [0.2, 0.25) is 5.02 Å². The molecule has 0 aromatic heterocycles. The van der Waals surface area contributed by atoms with Gasteiger partial charge < -0.3 is 4.90 Å². The Bertz CT molecular complexity index is 452. The van der Waals surface area contributed by atoms with Crippen molar-refractivity contribution in [3.05, 3.63) is 34.9 Å². The molecule has 0 unspecified atom stereocenters. The lowest BCUT2D eigenvalue weighted by Crippen LogP contribution is -2.34. The summed E-state index contributed by atoms with van der Waals surface area (Å²) >= 11 is 5.95. The summed E-state index contributed by atoms with van der Waals surface area (Å²) in [6.45, 7) is 10.8. The van der Waals surface area contributed by atoms with Crippen molar-refractivity contribution in [1.29, 1.82) is 0 Å². The highest BCUT2D eigenvalue weighted by atomic mass is 35.5. The molecule has 19 heavy (non-hydrogen) atoms. The maximum absolute atomic E-state index is 5.95. The molecule has 2 aliphatic rings. The minimum absolute atomic E-state index is 0.439. The van der Waals surface area contributed by atoms with Gasteiger partial charge in [0.1, 0.15) is 0 Å². The van der Waals surface area contributed by atoms with Gasteiger partial charge in [-0.3, -0.25) is 4.90 Å². The van der Waals surface area contributed by atoms with E-state index in [1.165, 1.54) is 31.7 Å². The number of halogens is 1. The average Bonchev–Trinajstić information content (AvgIpc) is 2.64. The third-order valence-electron chi connectivity index (χ3n) is 5.16. The monoisotopic (exact) mass is 278 g/mol. The first kappa shape index (κ1) is 13.4. The van der Waals surface area contributed by atoms with Gasteiger partial charge in [-0.2, -0.15) is 0 Å². The van der Waals surface area contributed by atoms with E-state index in [-0.39, 0.29) is 0 Å². The Hall–Kier alpha value is -0.570. The van der Waals surface area contributed by atoms with Gasteiger partial charge in [0.25, 0.3) is 0 Å². The molecule has 2 heterocycles. The van der Waals surface area contributed by atoms with Crippen molar-refractivity contribution in [2.24, 2.45) is 10.8 Å². The van der Waals surface area contributed by atoms with E-state index in [9.17, 15) is 0 Å². The molecule has 0 amide bonds. The number of rotatable bonds is 2. The molecule has 3 heteroatoms. The molecule has 2 fully saturated rings. The Morgan fingerprint density at radius 2 is 1.53 bits per heavy atom. The summed E-state index contributed by atoms with van der Waals surface area (Å²) in [5, 5.41) is 0.822. The van der Waals surface area contributed by atoms with E-state index in [0.717, 1.165) is 11.6 Å². The van der Waals surface area contributed by atoms with Crippen LogP contribution in [0, 0.1) is 10.8 Å². The second-order valence-electron chi connectivity index (χ2n) is 7.07. The van der Waals surface area contributed by atoms with Gasteiger partial charge in [0.05, 0.1) is 0 Å².